The summed E-state index contributed by atoms with van der Waals surface area (Å²) in [6.07, 6.45) is 1.18. The highest BCUT2D eigenvalue weighted by Gasteiger charge is 2.29. The second kappa shape index (κ2) is 9.38. The summed E-state index contributed by atoms with van der Waals surface area (Å²) < 4.78 is 0. The van der Waals surface area contributed by atoms with Gasteiger partial charge >= 0.3 is 5.97 Å². The van der Waals surface area contributed by atoms with Crippen LogP contribution in [0, 0.1) is 0 Å². The zero-order valence-electron chi connectivity index (χ0n) is 16.8. The fourth-order valence-electron chi connectivity index (χ4n) is 3.77. The second-order valence-corrected chi connectivity index (χ2v) is 8.51. The van der Waals surface area contributed by atoms with E-state index < -0.39 is 12.1 Å². The quantitative estimate of drug-likeness (QED) is 0.501. The number of carboxylic acids is 1. The van der Waals surface area contributed by atoms with Gasteiger partial charge in [-0.3, -0.25) is 9.59 Å². The number of carbonyl (C=O) groups excluding carboxylic acids is 1. The molecule has 1 aliphatic heterocycles. The maximum absolute atomic E-state index is 13.1. The Morgan fingerprint density at radius 3 is 2.74 bits per heavy atom. The number of carbonyl (C=O) groups is 2. The number of benzene rings is 2. The first-order valence-corrected chi connectivity index (χ1v) is 10.9. The van der Waals surface area contributed by atoms with E-state index in [9.17, 15) is 14.7 Å². The number of aliphatic carboxylic acids is 1. The van der Waals surface area contributed by atoms with E-state index in [0.717, 1.165) is 28.1 Å². The van der Waals surface area contributed by atoms with Crippen molar-refractivity contribution in [1.29, 1.82) is 0 Å². The van der Waals surface area contributed by atoms with E-state index in [1.807, 2.05) is 30.3 Å². The van der Waals surface area contributed by atoms with Crippen LogP contribution in [0.4, 0.5) is 5.69 Å². The van der Waals surface area contributed by atoms with Crippen molar-refractivity contribution < 1.29 is 19.8 Å². The van der Waals surface area contributed by atoms with Gasteiger partial charge in [0.2, 0.25) is 0 Å². The van der Waals surface area contributed by atoms with Gasteiger partial charge in [-0.25, -0.2) is 4.98 Å². The summed E-state index contributed by atoms with van der Waals surface area (Å²) in [4.78, 5) is 30.6. The number of aromatic nitrogens is 1. The molecule has 3 aromatic rings. The largest absolute Gasteiger partial charge is 0.481 e. The first-order valence-electron chi connectivity index (χ1n) is 10.1. The number of nitrogens with one attached hydrogen (secondary N) is 1. The molecule has 1 aliphatic rings. The molecule has 2 heterocycles. The van der Waals surface area contributed by atoms with Gasteiger partial charge in [0.1, 0.15) is 0 Å². The summed E-state index contributed by atoms with van der Waals surface area (Å²) in [5.74, 6) is -1.16. The molecule has 3 N–H and O–H groups in total. The second-order valence-electron chi connectivity index (χ2n) is 7.39. The van der Waals surface area contributed by atoms with Crippen molar-refractivity contribution in [2.24, 2.45) is 0 Å². The third kappa shape index (κ3) is 4.82. The number of amides is 1. The van der Waals surface area contributed by atoms with Gasteiger partial charge in [0, 0.05) is 36.4 Å². The van der Waals surface area contributed by atoms with E-state index in [1.54, 1.807) is 11.1 Å². The smallest absolute Gasteiger partial charge is 0.306 e. The molecule has 7 nitrogen and oxygen atoms in total. The Morgan fingerprint density at radius 1 is 1.16 bits per heavy atom. The van der Waals surface area contributed by atoms with Crippen molar-refractivity contribution in [2.75, 3.05) is 18.0 Å². The predicted octanol–water partition coefficient (Wildman–Crippen LogP) is 2.94. The van der Waals surface area contributed by atoms with Crippen LogP contribution in [0.3, 0.4) is 0 Å². The summed E-state index contributed by atoms with van der Waals surface area (Å²) in [5, 5.41) is 21.7. The van der Waals surface area contributed by atoms with Crippen molar-refractivity contribution >= 4 is 28.9 Å². The van der Waals surface area contributed by atoms with Gasteiger partial charge in [0.05, 0.1) is 12.5 Å². The number of nitrogens with zero attached hydrogens (tertiary/aromatic N) is 2. The molecule has 0 radical (unpaired) electrons. The first kappa shape index (κ1) is 21.2. The lowest BCUT2D eigenvalue weighted by atomic mass is 9.98. The van der Waals surface area contributed by atoms with Gasteiger partial charge in [-0.15, -0.1) is 11.3 Å². The molecule has 0 fully saturated rings. The number of thiazole rings is 1. The normalized spacial score (nSPS) is 13.8. The van der Waals surface area contributed by atoms with Crippen molar-refractivity contribution in [3.8, 4) is 11.1 Å². The number of carboxylic acid groups (broad SMARTS) is 1. The highest BCUT2D eigenvalue weighted by Crippen LogP contribution is 2.37. The number of anilines is 1. The zero-order chi connectivity index (χ0) is 21.8. The van der Waals surface area contributed by atoms with Gasteiger partial charge in [-0.05, 0) is 29.2 Å². The summed E-state index contributed by atoms with van der Waals surface area (Å²) >= 11 is 1.31. The van der Waals surface area contributed by atoms with Gasteiger partial charge in [-0.2, -0.15) is 0 Å². The number of aliphatic hydroxyl groups is 1. The highest BCUT2D eigenvalue weighted by atomic mass is 32.1. The monoisotopic (exact) mass is 437 g/mol. The van der Waals surface area contributed by atoms with Gasteiger partial charge in [0.15, 0.2) is 5.01 Å². The predicted molar refractivity (Wildman–Crippen MR) is 119 cm³/mol. The minimum absolute atomic E-state index is 0.119. The van der Waals surface area contributed by atoms with Crippen LogP contribution in [0.2, 0.25) is 0 Å². The Hall–Kier alpha value is -3.07. The lowest BCUT2D eigenvalue weighted by molar-refractivity contribution is -0.139. The SMILES string of the molecule is O=C(O)C[C@H](O)CNCc1cnc(C(=O)N2CCc3c(-c4ccccc4)cccc32)s1. The maximum Gasteiger partial charge on any atom is 0.306 e. The molecule has 1 atom stereocenters. The van der Waals surface area contributed by atoms with Crippen LogP contribution in [-0.4, -0.2) is 46.3 Å². The summed E-state index contributed by atoms with van der Waals surface area (Å²) in [6.45, 7) is 1.19. The Kier molecular flexibility index (Phi) is 6.41. The lowest BCUT2D eigenvalue weighted by Crippen LogP contribution is -2.28. The number of rotatable bonds is 8. The minimum atomic E-state index is -1.04. The number of hydrogen-bond donors (Lipinski definition) is 3. The third-order valence-electron chi connectivity index (χ3n) is 5.18. The van der Waals surface area contributed by atoms with E-state index in [1.165, 1.54) is 16.9 Å². The molecule has 4 rings (SSSR count). The standard InChI is InChI=1S/C23H23N3O4S/c27-16(11-21(28)29)12-24-13-17-14-25-22(31-17)23(30)26-10-9-19-18(7-4-8-20(19)26)15-5-2-1-3-6-15/h1-8,14,16,24,27H,9-13H2,(H,28,29)/t16-/m0/s1. The summed E-state index contributed by atoms with van der Waals surface area (Å²) in [5.41, 5.74) is 4.39. The van der Waals surface area contributed by atoms with Crippen LogP contribution in [-0.2, 0) is 17.8 Å². The fraction of sp³-hybridized carbons (Fsp3) is 0.261. The highest BCUT2D eigenvalue weighted by molar-refractivity contribution is 7.13. The third-order valence-corrected chi connectivity index (χ3v) is 6.17. The van der Waals surface area contributed by atoms with E-state index in [2.05, 4.69) is 28.5 Å². The van der Waals surface area contributed by atoms with Crippen LogP contribution in [0.5, 0.6) is 0 Å². The van der Waals surface area contributed by atoms with E-state index in [4.69, 9.17) is 5.11 Å². The Labute approximate surface area is 184 Å². The molecule has 1 amide bonds. The van der Waals surface area contributed by atoms with Gasteiger partial charge < -0.3 is 20.4 Å². The van der Waals surface area contributed by atoms with Gasteiger partial charge in [-0.1, -0.05) is 42.5 Å². The molecule has 0 aliphatic carbocycles. The summed E-state index contributed by atoms with van der Waals surface area (Å²) in [7, 11) is 0. The molecule has 0 saturated heterocycles. The average Bonchev–Trinajstić information content (AvgIpc) is 3.40. The first-order chi connectivity index (χ1) is 15.0. The van der Waals surface area contributed by atoms with E-state index >= 15 is 0 Å². The van der Waals surface area contributed by atoms with Crippen molar-refractivity contribution in [3.05, 3.63) is 70.2 Å². The van der Waals surface area contributed by atoms with Crippen LogP contribution in [0.1, 0.15) is 26.7 Å². The average molecular weight is 438 g/mol. The van der Waals surface area contributed by atoms with Crippen molar-refractivity contribution in [1.82, 2.24) is 10.3 Å². The topological polar surface area (TPSA) is 103 Å². The van der Waals surface area contributed by atoms with Crippen molar-refractivity contribution in [2.45, 2.75) is 25.5 Å². The maximum atomic E-state index is 13.1. The molecule has 0 saturated carbocycles. The van der Waals surface area contributed by atoms with Crippen molar-refractivity contribution in [3.63, 3.8) is 0 Å². The Balaban J connectivity index is 1.44. The van der Waals surface area contributed by atoms with Crippen LogP contribution >= 0.6 is 11.3 Å². The van der Waals surface area contributed by atoms with Gasteiger partial charge in [0.25, 0.3) is 5.91 Å². The molecular weight excluding hydrogens is 414 g/mol. The number of aliphatic hydroxyl groups excluding tert-OH is 1. The molecule has 0 bridgehead atoms. The van der Waals surface area contributed by atoms with Crippen LogP contribution in [0.25, 0.3) is 11.1 Å². The fourth-order valence-corrected chi connectivity index (χ4v) is 4.60. The Bertz CT molecular complexity index is 1080. The minimum Gasteiger partial charge on any atom is -0.481 e. The molecule has 160 valence electrons. The number of fused-ring (bicyclic) bond motifs is 1. The molecule has 2 aromatic carbocycles. The molecule has 0 unspecified atom stereocenters. The van der Waals surface area contributed by atoms with E-state index in [-0.39, 0.29) is 18.9 Å². The molecule has 1 aromatic heterocycles. The Morgan fingerprint density at radius 2 is 1.97 bits per heavy atom. The molecular formula is C23H23N3O4S. The summed E-state index contributed by atoms with van der Waals surface area (Å²) in [6, 6.07) is 16.2. The van der Waals surface area contributed by atoms with Crippen LogP contribution in [0.15, 0.2) is 54.7 Å². The molecule has 0 spiro atoms. The molecule has 8 heteroatoms. The van der Waals surface area contributed by atoms with Crippen LogP contribution < -0.4 is 10.2 Å². The van der Waals surface area contributed by atoms with E-state index in [0.29, 0.717) is 18.1 Å². The zero-order valence-corrected chi connectivity index (χ0v) is 17.6. The lowest BCUT2D eigenvalue weighted by Gasteiger charge is -2.16. The number of hydrogen-bond acceptors (Lipinski definition) is 6. The molecule has 31 heavy (non-hydrogen) atoms.